The summed E-state index contributed by atoms with van der Waals surface area (Å²) < 4.78 is 5.19. The Morgan fingerprint density at radius 2 is 2.42 bits per heavy atom. The SMILES string of the molecule is CCCc1nc(CN(CCO)CC2CCCN2)no1. The zero-order valence-corrected chi connectivity index (χ0v) is 11.6. The molecule has 1 atom stereocenters. The molecule has 1 saturated heterocycles. The summed E-state index contributed by atoms with van der Waals surface area (Å²) in [5.41, 5.74) is 0. The molecular formula is C13H24N4O2. The van der Waals surface area contributed by atoms with Crippen LogP contribution in [0.1, 0.15) is 37.9 Å². The van der Waals surface area contributed by atoms with Crippen LogP contribution in [0.3, 0.4) is 0 Å². The van der Waals surface area contributed by atoms with Gasteiger partial charge in [0.25, 0.3) is 0 Å². The Morgan fingerprint density at radius 1 is 1.53 bits per heavy atom. The van der Waals surface area contributed by atoms with E-state index in [0.29, 0.717) is 25.0 Å². The molecule has 108 valence electrons. The fraction of sp³-hybridized carbons (Fsp3) is 0.846. The summed E-state index contributed by atoms with van der Waals surface area (Å²) in [7, 11) is 0. The van der Waals surface area contributed by atoms with Crippen LogP contribution < -0.4 is 5.32 Å². The van der Waals surface area contributed by atoms with Crippen molar-refractivity contribution in [2.24, 2.45) is 0 Å². The number of nitrogens with zero attached hydrogens (tertiary/aromatic N) is 3. The lowest BCUT2D eigenvalue weighted by Crippen LogP contribution is -2.38. The van der Waals surface area contributed by atoms with Gasteiger partial charge in [-0.15, -0.1) is 0 Å². The Bertz CT molecular complexity index is 363. The van der Waals surface area contributed by atoms with E-state index in [2.05, 4.69) is 27.3 Å². The van der Waals surface area contributed by atoms with Crippen LogP contribution in [-0.2, 0) is 13.0 Å². The molecule has 1 aromatic heterocycles. The number of aliphatic hydroxyl groups excluding tert-OH is 1. The Balaban J connectivity index is 1.86. The van der Waals surface area contributed by atoms with Crippen molar-refractivity contribution >= 4 is 0 Å². The van der Waals surface area contributed by atoms with Gasteiger partial charge in [-0.2, -0.15) is 4.98 Å². The number of aryl methyl sites for hydroxylation is 1. The molecule has 0 spiro atoms. The largest absolute Gasteiger partial charge is 0.395 e. The summed E-state index contributed by atoms with van der Waals surface area (Å²) in [4.78, 5) is 6.56. The van der Waals surface area contributed by atoms with Crippen molar-refractivity contribution in [2.75, 3.05) is 26.2 Å². The quantitative estimate of drug-likeness (QED) is 0.718. The maximum absolute atomic E-state index is 9.15. The van der Waals surface area contributed by atoms with E-state index in [4.69, 9.17) is 9.63 Å². The van der Waals surface area contributed by atoms with Crippen molar-refractivity contribution in [3.63, 3.8) is 0 Å². The number of aliphatic hydroxyl groups is 1. The lowest BCUT2D eigenvalue weighted by molar-refractivity contribution is 0.174. The molecule has 6 nitrogen and oxygen atoms in total. The van der Waals surface area contributed by atoms with Crippen molar-refractivity contribution in [1.29, 1.82) is 0 Å². The molecule has 0 radical (unpaired) electrons. The minimum absolute atomic E-state index is 0.159. The summed E-state index contributed by atoms with van der Waals surface area (Å²) in [5, 5.41) is 16.6. The second-order valence-corrected chi connectivity index (χ2v) is 5.11. The molecule has 1 aliphatic rings. The highest BCUT2D eigenvalue weighted by Gasteiger charge is 2.19. The average molecular weight is 268 g/mol. The summed E-state index contributed by atoms with van der Waals surface area (Å²) in [6.45, 7) is 5.57. The van der Waals surface area contributed by atoms with Gasteiger partial charge in [-0.25, -0.2) is 0 Å². The first-order chi connectivity index (χ1) is 9.31. The van der Waals surface area contributed by atoms with Gasteiger partial charge in [0, 0.05) is 25.6 Å². The zero-order chi connectivity index (χ0) is 13.5. The van der Waals surface area contributed by atoms with Crippen molar-refractivity contribution < 1.29 is 9.63 Å². The minimum atomic E-state index is 0.159. The smallest absolute Gasteiger partial charge is 0.226 e. The molecule has 2 heterocycles. The average Bonchev–Trinajstić information content (AvgIpc) is 3.02. The summed E-state index contributed by atoms with van der Waals surface area (Å²) in [5.74, 6) is 1.43. The number of hydrogen-bond acceptors (Lipinski definition) is 6. The van der Waals surface area contributed by atoms with Gasteiger partial charge in [-0.3, -0.25) is 4.90 Å². The van der Waals surface area contributed by atoms with Crippen LogP contribution >= 0.6 is 0 Å². The Labute approximate surface area is 114 Å². The fourth-order valence-electron chi connectivity index (χ4n) is 2.47. The molecule has 1 aliphatic heterocycles. The van der Waals surface area contributed by atoms with Crippen molar-refractivity contribution in [2.45, 2.75) is 45.2 Å². The number of rotatable bonds is 8. The van der Waals surface area contributed by atoms with Gasteiger partial charge in [-0.1, -0.05) is 12.1 Å². The van der Waals surface area contributed by atoms with Gasteiger partial charge >= 0.3 is 0 Å². The molecule has 0 aliphatic carbocycles. The van der Waals surface area contributed by atoms with E-state index in [1.54, 1.807) is 0 Å². The maximum Gasteiger partial charge on any atom is 0.226 e. The molecule has 0 aromatic carbocycles. The second-order valence-electron chi connectivity index (χ2n) is 5.11. The highest BCUT2D eigenvalue weighted by Crippen LogP contribution is 2.09. The van der Waals surface area contributed by atoms with Gasteiger partial charge < -0.3 is 14.9 Å². The van der Waals surface area contributed by atoms with Crippen LogP contribution in [0.5, 0.6) is 0 Å². The minimum Gasteiger partial charge on any atom is -0.395 e. The fourth-order valence-corrected chi connectivity index (χ4v) is 2.47. The summed E-state index contributed by atoms with van der Waals surface area (Å²) >= 11 is 0. The van der Waals surface area contributed by atoms with E-state index in [9.17, 15) is 0 Å². The van der Waals surface area contributed by atoms with Crippen molar-refractivity contribution in [1.82, 2.24) is 20.4 Å². The van der Waals surface area contributed by atoms with E-state index in [-0.39, 0.29) is 6.61 Å². The first-order valence-electron chi connectivity index (χ1n) is 7.20. The van der Waals surface area contributed by atoms with Crippen LogP contribution in [-0.4, -0.2) is 52.4 Å². The van der Waals surface area contributed by atoms with Crippen LogP contribution in [0.15, 0.2) is 4.52 Å². The third kappa shape index (κ3) is 4.56. The van der Waals surface area contributed by atoms with E-state index in [1.165, 1.54) is 12.8 Å². The third-order valence-corrected chi connectivity index (χ3v) is 3.40. The van der Waals surface area contributed by atoms with Gasteiger partial charge in [-0.05, 0) is 25.8 Å². The van der Waals surface area contributed by atoms with Gasteiger partial charge in [0.2, 0.25) is 5.89 Å². The van der Waals surface area contributed by atoms with E-state index in [0.717, 1.165) is 31.8 Å². The van der Waals surface area contributed by atoms with Crippen molar-refractivity contribution in [3.8, 4) is 0 Å². The van der Waals surface area contributed by atoms with E-state index >= 15 is 0 Å². The first-order valence-corrected chi connectivity index (χ1v) is 7.20. The molecular weight excluding hydrogens is 244 g/mol. The van der Waals surface area contributed by atoms with Crippen molar-refractivity contribution in [3.05, 3.63) is 11.7 Å². The monoisotopic (exact) mass is 268 g/mol. The van der Waals surface area contributed by atoms with Gasteiger partial charge in [0.15, 0.2) is 5.82 Å². The molecule has 2 rings (SSSR count). The highest BCUT2D eigenvalue weighted by molar-refractivity contribution is 4.88. The highest BCUT2D eigenvalue weighted by atomic mass is 16.5. The second kappa shape index (κ2) is 7.57. The predicted molar refractivity (Wildman–Crippen MR) is 71.7 cm³/mol. The van der Waals surface area contributed by atoms with Crippen LogP contribution in [0.2, 0.25) is 0 Å². The third-order valence-electron chi connectivity index (χ3n) is 3.40. The molecule has 0 saturated carbocycles. The Hall–Kier alpha value is -0.980. The van der Waals surface area contributed by atoms with Crippen LogP contribution in [0, 0.1) is 0 Å². The molecule has 19 heavy (non-hydrogen) atoms. The standard InChI is InChI=1S/C13H24N4O2/c1-2-4-13-15-12(16-19-13)10-17(7-8-18)9-11-5-3-6-14-11/h11,14,18H,2-10H2,1H3. The van der Waals surface area contributed by atoms with Gasteiger partial charge in [0.05, 0.1) is 13.2 Å². The lowest BCUT2D eigenvalue weighted by Gasteiger charge is -2.23. The lowest BCUT2D eigenvalue weighted by atomic mass is 10.2. The topological polar surface area (TPSA) is 74.4 Å². The molecule has 1 unspecified atom stereocenters. The van der Waals surface area contributed by atoms with Crippen LogP contribution in [0.4, 0.5) is 0 Å². The molecule has 6 heteroatoms. The summed E-state index contributed by atoms with van der Waals surface area (Å²) in [6, 6.07) is 0.522. The van der Waals surface area contributed by atoms with E-state index < -0.39 is 0 Å². The number of aromatic nitrogens is 2. The van der Waals surface area contributed by atoms with E-state index in [1.807, 2.05) is 0 Å². The summed E-state index contributed by atoms with van der Waals surface area (Å²) in [6.07, 6.45) is 4.28. The molecule has 1 fully saturated rings. The number of nitrogens with one attached hydrogen (secondary N) is 1. The Kier molecular flexibility index (Phi) is 5.75. The normalized spacial score (nSPS) is 19.4. The molecule has 0 bridgehead atoms. The number of hydrogen-bond donors (Lipinski definition) is 2. The predicted octanol–water partition coefficient (Wildman–Crippen LogP) is 0.568. The zero-order valence-electron chi connectivity index (χ0n) is 11.6. The van der Waals surface area contributed by atoms with Crippen LogP contribution in [0.25, 0.3) is 0 Å². The Morgan fingerprint density at radius 3 is 3.11 bits per heavy atom. The molecule has 2 N–H and O–H groups in total. The molecule has 1 aromatic rings. The van der Waals surface area contributed by atoms with Gasteiger partial charge in [0.1, 0.15) is 0 Å². The maximum atomic E-state index is 9.15. The first kappa shape index (κ1) is 14.4. The molecule has 0 amide bonds.